The van der Waals surface area contributed by atoms with Crippen LogP contribution in [0, 0.1) is 6.92 Å². The van der Waals surface area contributed by atoms with Gasteiger partial charge < -0.3 is 0 Å². The molecule has 0 bridgehead atoms. The van der Waals surface area contributed by atoms with E-state index < -0.39 is 10.0 Å². The Morgan fingerprint density at radius 1 is 1.26 bits per heavy atom. The molecule has 0 radical (unpaired) electrons. The number of hydrogen-bond acceptors (Lipinski definition) is 5. The zero-order valence-corrected chi connectivity index (χ0v) is 11.7. The number of nitrogens with zero attached hydrogens (tertiary/aromatic N) is 4. The molecule has 2 N–H and O–H groups in total. The minimum atomic E-state index is -3.91. The summed E-state index contributed by atoms with van der Waals surface area (Å²) in [5.74, 6) is 0.391. The Hall–Kier alpha value is -1.80. The number of aryl methyl sites for hydroxylation is 1. The molecule has 0 saturated heterocycles. The van der Waals surface area contributed by atoms with E-state index in [0.717, 1.165) is 5.69 Å². The van der Waals surface area contributed by atoms with Gasteiger partial charge in [0, 0.05) is 11.7 Å². The van der Waals surface area contributed by atoms with E-state index in [4.69, 9.17) is 5.14 Å². The van der Waals surface area contributed by atoms with Gasteiger partial charge >= 0.3 is 0 Å². The van der Waals surface area contributed by atoms with Gasteiger partial charge in [-0.3, -0.25) is 4.57 Å². The van der Waals surface area contributed by atoms with E-state index >= 15 is 0 Å². The molecule has 0 spiro atoms. The normalized spacial score (nSPS) is 12.1. The number of hydrogen-bond donors (Lipinski definition) is 1. The van der Waals surface area contributed by atoms with Gasteiger partial charge in [-0.25, -0.2) is 18.5 Å². The van der Waals surface area contributed by atoms with Crippen LogP contribution in [0.25, 0.3) is 11.5 Å². The third-order valence-electron chi connectivity index (χ3n) is 2.55. The average Bonchev–Trinajstić information content (AvgIpc) is 2.72. The summed E-state index contributed by atoms with van der Waals surface area (Å²) in [4.78, 5) is 4.32. The predicted molar refractivity (Wildman–Crippen MR) is 69.7 cm³/mol. The molecule has 2 aromatic rings. The standard InChI is InChI=1S/C11H15N5O2S/c1-7(2)16-10(9-6-4-5-8(3)13-9)14-15-11(16)19(12,17)18/h4-7H,1-3H3,(H2,12,17,18). The van der Waals surface area contributed by atoms with E-state index in [9.17, 15) is 8.42 Å². The minimum absolute atomic E-state index is 0.152. The molecule has 7 nitrogen and oxygen atoms in total. The van der Waals surface area contributed by atoms with E-state index in [1.54, 1.807) is 6.07 Å². The molecule has 102 valence electrons. The lowest BCUT2D eigenvalue weighted by Crippen LogP contribution is -2.20. The van der Waals surface area contributed by atoms with E-state index in [1.807, 2.05) is 32.9 Å². The summed E-state index contributed by atoms with van der Waals surface area (Å²) in [6.45, 7) is 5.51. The SMILES string of the molecule is Cc1cccc(-c2nnc(S(N)(=O)=O)n2C(C)C)n1. The lowest BCUT2D eigenvalue weighted by atomic mass is 10.3. The van der Waals surface area contributed by atoms with E-state index in [-0.39, 0.29) is 11.2 Å². The van der Waals surface area contributed by atoms with Gasteiger partial charge in [-0.1, -0.05) is 6.07 Å². The summed E-state index contributed by atoms with van der Waals surface area (Å²) in [5, 5.41) is 12.5. The summed E-state index contributed by atoms with van der Waals surface area (Å²) in [6, 6.07) is 5.28. The second-order valence-electron chi connectivity index (χ2n) is 4.48. The Bertz CT molecular complexity index is 706. The van der Waals surface area contributed by atoms with Gasteiger partial charge in [0.1, 0.15) is 5.69 Å². The fourth-order valence-corrected chi connectivity index (χ4v) is 2.50. The molecule has 2 heterocycles. The lowest BCUT2D eigenvalue weighted by Gasteiger charge is -2.12. The smallest absolute Gasteiger partial charge is 0.273 e. The molecule has 0 amide bonds. The van der Waals surface area contributed by atoms with Gasteiger partial charge in [-0.15, -0.1) is 10.2 Å². The number of primary sulfonamides is 1. The molecule has 2 aromatic heterocycles. The highest BCUT2D eigenvalue weighted by Gasteiger charge is 2.24. The zero-order chi connectivity index (χ0) is 14.2. The molecule has 0 aliphatic rings. The van der Waals surface area contributed by atoms with Crippen molar-refractivity contribution in [1.82, 2.24) is 19.7 Å². The Kier molecular flexibility index (Phi) is 3.38. The summed E-state index contributed by atoms with van der Waals surface area (Å²) in [5.41, 5.74) is 1.38. The summed E-state index contributed by atoms with van der Waals surface area (Å²) >= 11 is 0. The quantitative estimate of drug-likeness (QED) is 0.899. The molecule has 0 saturated carbocycles. The van der Waals surface area contributed by atoms with E-state index in [1.165, 1.54) is 4.57 Å². The molecule has 0 fully saturated rings. The fourth-order valence-electron chi connectivity index (χ4n) is 1.78. The van der Waals surface area contributed by atoms with Crippen molar-refractivity contribution in [3.63, 3.8) is 0 Å². The highest BCUT2D eigenvalue weighted by atomic mass is 32.2. The maximum atomic E-state index is 11.5. The van der Waals surface area contributed by atoms with E-state index in [2.05, 4.69) is 15.2 Å². The van der Waals surface area contributed by atoms with Crippen LogP contribution in [-0.4, -0.2) is 28.2 Å². The Morgan fingerprint density at radius 3 is 2.47 bits per heavy atom. The van der Waals surface area contributed by atoms with Gasteiger partial charge in [-0.05, 0) is 32.9 Å². The molecule has 0 atom stereocenters. The zero-order valence-electron chi connectivity index (χ0n) is 10.9. The maximum Gasteiger partial charge on any atom is 0.273 e. The van der Waals surface area contributed by atoms with Crippen LogP contribution in [0.4, 0.5) is 0 Å². The largest absolute Gasteiger partial charge is 0.293 e. The summed E-state index contributed by atoms with van der Waals surface area (Å²) < 4.78 is 24.5. The molecule has 0 unspecified atom stereocenters. The summed E-state index contributed by atoms with van der Waals surface area (Å²) in [7, 11) is -3.91. The van der Waals surface area contributed by atoms with Crippen molar-refractivity contribution in [3.8, 4) is 11.5 Å². The molecule has 0 aromatic carbocycles. The van der Waals surface area contributed by atoms with Gasteiger partial charge in [0.05, 0.1) is 0 Å². The highest BCUT2D eigenvalue weighted by molar-refractivity contribution is 7.89. The van der Waals surface area contributed by atoms with Crippen molar-refractivity contribution < 1.29 is 8.42 Å². The van der Waals surface area contributed by atoms with Crippen LogP contribution < -0.4 is 5.14 Å². The average molecular weight is 281 g/mol. The van der Waals surface area contributed by atoms with E-state index in [0.29, 0.717) is 11.5 Å². The van der Waals surface area contributed by atoms with Crippen molar-refractivity contribution in [1.29, 1.82) is 0 Å². The number of sulfonamides is 1. The van der Waals surface area contributed by atoms with Crippen molar-refractivity contribution in [2.45, 2.75) is 32.0 Å². The van der Waals surface area contributed by atoms with Crippen LogP contribution in [0.5, 0.6) is 0 Å². The molecule has 19 heavy (non-hydrogen) atoms. The number of rotatable bonds is 3. The van der Waals surface area contributed by atoms with Crippen molar-refractivity contribution in [3.05, 3.63) is 23.9 Å². The van der Waals surface area contributed by atoms with Crippen LogP contribution in [0.15, 0.2) is 23.4 Å². The van der Waals surface area contributed by atoms with Gasteiger partial charge in [-0.2, -0.15) is 0 Å². The predicted octanol–water partition coefficient (Wildman–Crippen LogP) is 0.877. The van der Waals surface area contributed by atoms with Crippen molar-refractivity contribution in [2.24, 2.45) is 5.14 Å². The number of nitrogens with two attached hydrogens (primary N) is 1. The van der Waals surface area contributed by atoms with Crippen LogP contribution in [0.3, 0.4) is 0 Å². The first-order valence-corrected chi connectivity index (χ1v) is 7.27. The van der Waals surface area contributed by atoms with Crippen LogP contribution in [0.1, 0.15) is 25.6 Å². The molecule has 0 aliphatic carbocycles. The molecular weight excluding hydrogens is 266 g/mol. The minimum Gasteiger partial charge on any atom is -0.293 e. The van der Waals surface area contributed by atoms with Crippen molar-refractivity contribution >= 4 is 10.0 Å². The Morgan fingerprint density at radius 2 is 1.95 bits per heavy atom. The monoisotopic (exact) mass is 281 g/mol. The van der Waals surface area contributed by atoms with Gasteiger partial charge in [0.15, 0.2) is 5.82 Å². The number of aromatic nitrogens is 4. The van der Waals surface area contributed by atoms with Gasteiger partial charge in [0.2, 0.25) is 0 Å². The number of pyridine rings is 1. The van der Waals surface area contributed by atoms with Crippen molar-refractivity contribution in [2.75, 3.05) is 0 Å². The first-order chi connectivity index (χ1) is 8.80. The van der Waals surface area contributed by atoms with Crippen LogP contribution in [0.2, 0.25) is 0 Å². The molecule has 2 rings (SSSR count). The Balaban J connectivity index is 2.69. The first-order valence-electron chi connectivity index (χ1n) is 5.72. The maximum absolute atomic E-state index is 11.5. The van der Waals surface area contributed by atoms with Crippen LogP contribution in [-0.2, 0) is 10.0 Å². The topological polar surface area (TPSA) is 104 Å². The molecule has 0 aliphatic heterocycles. The third-order valence-corrected chi connectivity index (χ3v) is 3.34. The second kappa shape index (κ2) is 4.71. The van der Waals surface area contributed by atoms with Gasteiger partial charge in [0.25, 0.3) is 15.2 Å². The first kappa shape index (κ1) is 13.6. The summed E-state index contributed by atoms with van der Waals surface area (Å²) in [6.07, 6.45) is 0. The molecular formula is C11H15N5O2S. The third kappa shape index (κ3) is 2.64. The molecule has 8 heteroatoms. The Labute approximate surface area is 111 Å². The van der Waals surface area contributed by atoms with Crippen LogP contribution >= 0.6 is 0 Å². The lowest BCUT2D eigenvalue weighted by molar-refractivity contribution is 0.524. The fraction of sp³-hybridized carbons (Fsp3) is 0.364. The second-order valence-corrected chi connectivity index (χ2v) is 5.93. The highest BCUT2D eigenvalue weighted by Crippen LogP contribution is 2.22.